The van der Waals surface area contributed by atoms with Crippen LogP contribution in [0.25, 0.3) is 0 Å². The third-order valence-corrected chi connectivity index (χ3v) is 5.95. The van der Waals surface area contributed by atoms with E-state index in [1.54, 1.807) is 0 Å². The Morgan fingerprint density at radius 2 is 1.68 bits per heavy atom. The van der Waals surface area contributed by atoms with E-state index in [2.05, 4.69) is 10.1 Å². The number of ketones is 1. The minimum absolute atomic E-state index is 0.0408. The van der Waals surface area contributed by atoms with Gasteiger partial charge in [0.15, 0.2) is 23.2 Å². The lowest BCUT2D eigenvalue weighted by Crippen LogP contribution is -2.58. The van der Waals surface area contributed by atoms with Crippen molar-refractivity contribution in [1.82, 2.24) is 15.1 Å². The average Bonchev–Trinajstić information content (AvgIpc) is 2.87. The molecule has 2 N–H and O–H groups in total. The van der Waals surface area contributed by atoms with Crippen LogP contribution < -0.4 is 10.1 Å². The second kappa shape index (κ2) is 12.5. The van der Waals surface area contributed by atoms with Crippen LogP contribution in [-0.2, 0) is 25.7 Å². The summed E-state index contributed by atoms with van der Waals surface area (Å²) in [4.78, 5) is 52.5. The van der Waals surface area contributed by atoms with Gasteiger partial charge in [0, 0.05) is 25.7 Å². The van der Waals surface area contributed by atoms with E-state index >= 15 is 0 Å². The van der Waals surface area contributed by atoms with Gasteiger partial charge in [-0.15, -0.1) is 0 Å². The van der Waals surface area contributed by atoms with Crippen molar-refractivity contribution < 1.29 is 46.6 Å². The Balaban J connectivity index is 1.61. The molecule has 2 amide bonds. The van der Waals surface area contributed by atoms with E-state index in [0.29, 0.717) is 13.1 Å². The van der Waals surface area contributed by atoms with Gasteiger partial charge in [0.25, 0.3) is 0 Å². The molecule has 204 valence electrons. The summed E-state index contributed by atoms with van der Waals surface area (Å²) in [7, 11) is 0. The molecule has 2 aromatic rings. The van der Waals surface area contributed by atoms with E-state index in [1.165, 1.54) is 11.8 Å². The Kier molecular flexibility index (Phi) is 9.40. The van der Waals surface area contributed by atoms with Gasteiger partial charge in [0.05, 0.1) is 13.0 Å². The maximum absolute atomic E-state index is 13.8. The maximum atomic E-state index is 13.8. The molecule has 0 bridgehead atoms. The van der Waals surface area contributed by atoms with Crippen molar-refractivity contribution in [3.63, 3.8) is 0 Å². The van der Waals surface area contributed by atoms with Crippen LogP contribution in [-0.4, -0.2) is 76.8 Å². The van der Waals surface area contributed by atoms with Gasteiger partial charge in [-0.25, -0.2) is 8.78 Å². The first-order valence-corrected chi connectivity index (χ1v) is 11.5. The molecule has 1 heterocycles. The van der Waals surface area contributed by atoms with E-state index in [0.717, 1.165) is 5.56 Å². The van der Waals surface area contributed by atoms with Crippen molar-refractivity contribution in [2.24, 2.45) is 0 Å². The number of piperazine rings is 1. The summed E-state index contributed by atoms with van der Waals surface area (Å²) in [5.74, 6) is -12.6. The first kappa shape index (κ1) is 28.6. The van der Waals surface area contributed by atoms with Crippen LogP contribution in [0.3, 0.4) is 0 Å². The summed E-state index contributed by atoms with van der Waals surface area (Å²) < 4.78 is 58.9. The minimum Gasteiger partial charge on any atom is -0.481 e. The normalized spacial score (nSPS) is 15.6. The summed E-state index contributed by atoms with van der Waals surface area (Å²) in [5, 5.41) is 11.4. The second-order valence-electron chi connectivity index (χ2n) is 8.67. The monoisotopic (exact) mass is 539 g/mol. The van der Waals surface area contributed by atoms with Crippen molar-refractivity contribution >= 4 is 23.6 Å². The number of rotatable bonds is 11. The third kappa shape index (κ3) is 7.06. The topological polar surface area (TPSA) is 116 Å². The van der Waals surface area contributed by atoms with Crippen molar-refractivity contribution in [1.29, 1.82) is 0 Å². The van der Waals surface area contributed by atoms with Crippen molar-refractivity contribution in [3.8, 4) is 5.75 Å². The molecule has 2 atom stereocenters. The molecule has 13 heteroatoms. The summed E-state index contributed by atoms with van der Waals surface area (Å²) in [6.07, 6.45) is -0.915. The van der Waals surface area contributed by atoms with Crippen LogP contribution in [0.15, 0.2) is 36.4 Å². The van der Waals surface area contributed by atoms with Crippen molar-refractivity contribution in [2.45, 2.75) is 32.0 Å². The van der Waals surface area contributed by atoms with Crippen LogP contribution in [0.2, 0.25) is 0 Å². The molecule has 9 nitrogen and oxygen atoms in total. The predicted molar refractivity (Wildman–Crippen MR) is 124 cm³/mol. The molecule has 1 saturated heterocycles. The number of ether oxygens (including phenoxy) is 1. The highest BCUT2D eigenvalue weighted by Crippen LogP contribution is 2.26. The molecule has 0 unspecified atom stereocenters. The molecule has 0 aromatic heterocycles. The van der Waals surface area contributed by atoms with E-state index in [9.17, 15) is 36.7 Å². The Hall–Kier alpha value is -4.00. The summed E-state index contributed by atoms with van der Waals surface area (Å²) in [6, 6.07) is 6.65. The zero-order valence-electron chi connectivity index (χ0n) is 20.3. The fourth-order valence-electron chi connectivity index (χ4n) is 3.90. The zero-order valence-corrected chi connectivity index (χ0v) is 20.3. The van der Waals surface area contributed by atoms with Crippen LogP contribution in [0.4, 0.5) is 17.6 Å². The van der Waals surface area contributed by atoms with Gasteiger partial charge in [-0.3, -0.25) is 24.1 Å². The number of aliphatic carboxylic acids is 1. The van der Waals surface area contributed by atoms with Crippen LogP contribution >= 0.6 is 0 Å². The highest BCUT2D eigenvalue weighted by atomic mass is 19.2. The summed E-state index contributed by atoms with van der Waals surface area (Å²) >= 11 is 0. The number of carbonyl (C=O) groups excluding carboxylic acids is 3. The number of halogens is 4. The number of benzene rings is 2. The van der Waals surface area contributed by atoms with Crippen LogP contribution in [0.5, 0.6) is 5.75 Å². The molecule has 0 aliphatic carbocycles. The average molecular weight is 539 g/mol. The van der Waals surface area contributed by atoms with Gasteiger partial charge in [-0.1, -0.05) is 30.3 Å². The number of hydrogen-bond donors (Lipinski definition) is 2. The molecular weight excluding hydrogens is 514 g/mol. The highest BCUT2D eigenvalue weighted by molar-refractivity contribution is 5.95. The lowest BCUT2D eigenvalue weighted by Gasteiger charge is -2.37. The van der Waals surface area contributed by atoms with Gasteiger partial charge in [0.2, 0.25) is 23.4 Å². The van der Waals surface area contributed by atoms with Crippen molar-refractivity contribution in [3.05, 3.63) is 65.2 Å². The second-order valence-corrected chi connectivity index (χ2v) is 8.67. The number of Topliss-reactive ketones (excluding diaryl/α,β-unsaturated/α-hetero) is 1. The molecular formula is C25H25F4N3O6. The quantitative estimate of drug-likeness (QED) is 0.331. The fourth-order valence-corrected chi connectivity index (χ4v) is 3.90. The molecule has 0 radical (unpaired) electrons. The van der Waals surface area contributed by atoms with Gasteiger partial charge < -0.3 is 20.1 Å². The van der Waals surface area contributed by atoms with Crippen LogP contribution in [0.1, 0.15) is 18.9 Å². The lowest BCUT2D eigenvalue weighted by molar-refractivity contribution is -0.146. The lowest BCUT2D eigenvalue weighted by atomic mass is 10.1. The molecule has 38 heavy (non-hydrogen) atoms. The van der Waals surface area contributed by atoms with E-state index in [1.807, 2.05) is 35.2 Å². The number of carbonyl (C=O) groups is 4. The third-order valence-electron chi connectivity index (χ3n) is 5.95. The summed E-state index contributed by atoms with van der Waals surface area (Å²) in [6.45, 7) is 1.45. The van der Waals surface area contributed by atoms with E-state index in [4.69, 9.17) is 5.11 Å². The number of nitrogens with one attached hydrogen (secondary N) is 1. The van der Waals surface area contributed by atoms with Gasteiger partial charge in [0.1, 0.15) is 18.7 Å². The van der Waals surface area contributed by atoms with Crippen molar-refractivity contribution in [2.75, 3.05) is 26.2 Å². The van der Waals surface area contributed by atoms with Gasteiger partial charge >= 0.3 is 5.97 Å². The predicted octanol–water partition coefficient (Wildman–Crippen LogP) is 1.88. The molecule has 2 aromatic carbocycles. The van der Waals surface area contributed by atoms with E-state index in [-0.39, 0.29) is 25.1 Å². The number of carboxylic acids is 1. The fraction of sp³-hybridized carbons (Fsp3) is 0.360. The number of carboxylic acid groups (broad SMARTS) is 1. The standard InChI is InChI=1S/C25H25F4N3O6/c1-14(32-8-7-31(12-20(32)34)11-15-5-3-2-4-6-15)25(37)30-18(10-21(35)36)19(33)13-38-24-22(28)16(26)9-17(27)23(24)29/h2-6,9,14,18H,7-8,10-13H2,1H3,(H,30,37)(H,35,36)/t14-,18-/m0/s1. The van der Waals surface area contributed by atoms with Crippen LogP contribution in [0, 0.1) is 23.3 Å². The first-order chi connectivity index (χ1) is 18.0. The SMILES string of the molecule is C[C@@H](C(=O)N[C@@H](CC(=O)O)C(=O)COc1c(F)c(F)cc(F)c1F)N1CCN(Cc2ccccc2)CC1=O. The Labute approximate surface area is 215 Å². The maximum Gasteiger partial charge on any atom is 0.305 e. The highest BCUT2D eigenvalue weighted by Gasteiger charge is 2.34. The van der Waals surface area contributed by atoms with Gasteiger partial charge in [-0.05, 0) is 12.5 Å². The first-order valence-electron chi connectivity index (χ1n) is 11.5. The number of nitrogens with zero attached hydrogens (tertiary/aromatic N) is 2. The largest absolute Gasteiger partial charge is 0.481 e. The smallest absolute Gasteiger partial charge is 0.305 e. The number of amides is 2. The number of hydrogen-bond acceptors (Lipinski definition) is 6. The molecule has 0 spiro atoms. The minimum atomic E-state index is -1.88. The van der Waals surface area contributed by atoms with E-state index < -0.39 is 71.8 Å². The molecule has 1 aliphatic rings. The van der Waals surface area contributed by atoms with Gasteiger partial charge in [-0.2, -0.15) is 8.78 Å². The molecule has 1 fully saturated rings. The molecule has 3 rings (SSSR count). The summed E-state index contributed by atoms with van der Waals surface area (Å²) in [5.41, 5.74) is 1.01. The zero-order chi connectivity index (χ0) is 28.0. The Morgan fingerprint density at radius 3 is 2.26 bits per heavy atom. The molecule has 0 saturated carbocycles. The molecule has 1 aliphatic heterocycles. The Bertz CT molecular complexity index is 1190. The Morgan fingerprint density at radius 1 is 1.05 bits per heavy atom.